The summed E-state index contributed by atoms with van der Waals surface area (Å²) in [5.41, 5.74) is 0. The van der Waals surface area contributed by atoms with Gasteiger partial charge in [-0.05, 0) is 44.8 Å². The summed E-state index contributed by atoms with van der Waals surface area (Å²) in [6, 6.07) is 0.164. The van der Waals surface area contributed by atoms with Gasteiger partial charge in [0, 0.05) is 6.04 Å². The molecule has 1 saturated carbocycles. The molecule has 0 aromatic rings. The van der Waals surface area contributed by atoms with E-state index in [9.17, 15) is 9.59 Å². The maximum atomic E-state index is 12.0. The predicted molar refractivity (Wildman–Crippen MR) is 78.4 cm³/mol. The van der Waals surface area contributed by atoms with Crippen LogP contribution < -0.4 is 5.32 Å². The van der Waals surface area contributed by atoms with Gasteiger partial charge in [0.2, 0.25) is 5.91 Å². The Morgan fingerprint density at radius 3 is 2.47 bits per heavy atom. The van der Waals surface area contributed by atoms with Crippen molar-refractivity contribution in [1.29, 1.82) is 0 Å². The number of hydrogen-bond donors (Lipinski definition) is 2. The van der Waals surface area contributed by atoms with Crippen LogP contribution in [-0.4, -0.2) is 34.0 Å². The lowest BCUT2D eigenvalue weighted by Gasteiger charge is -2.27. The average Bonchev–Trinajstić information content (AvgIpc) is 2.39. The zero-order chi connectivity index (χ0) is 14.3. The van der Waals surface area contributed by atoms with Gasteiger partial charge >= 0.3 is 5.97 Å². The Balaban J connectivity index is 2.24. The van der Waals surface area contributed by atoms with Gasteiger partial charge in [-0.1, -0.05) is 13.3 Å². The molecule has 0 saturated heterocycles. The summed E-state index contributed by atoms with van der Waals surface area (Å²) in [5, 5.41) is 12.0. The highest BCUT2D eigenvalue weighted by Crippen LogP contribution is 2.25. The van der Waals surface area contributed by atoms with Gasteiger partial charge in [-0.15, -0.1) is 11.8 Å². The molecular weight excluding hydrogens is 262 g/mol. The molecule has 1 fully saturated rings. The van der Waals surface area contributed by atoms with Gasteiger partial charge in [0.15, 0.2) is 0 Å². The Bertz CT molecular complexity index is 301. The van der Waals surface area contributed by atoms with Gasteiger partial charge < -0.3 is 10.4 Å². The van der Waals surface area contributed by atoms with E-state index in [1.165, 1.54) is 0 Å². The van der Waals surface area contributed by atoms with Crippen LogP contribution in [0.25, 0.3) is 0 Å². The van der Waals surface area contributed by atoms with E-state index in [4.69, 9.17) is 5.11 Å². The largest absolute Gasteiger partial charge is 0.481 e. The number of rotatable bonds is 7. The molecule has 1 atom stereocenters. The van der Waals surface area contributed by atoms with Gasteiger partial charge in [-0.25, -0.2) is 0 Å². The number of thioether (sulfide) groups is 1. The summed E-state index contributed by atoms with van der Waals surface area (Å²) in [6.45, 7) is 4.09. The Hall–Kier alpha value is -0.710. The van der Waals surface area contributed by atoms with Crippen LogP contribution in [0.4, 0.5) is 0 Å². The van der Waals surface area contributed by atoms with E-state index < -0.39 is 5.97 Å². The third-order valence-electron chi connectivity index (χ3n) is 3.66. The summed E-state index contributed by atoms with van der Waals surface area (Å²) in [7, 11) is 0. The summed E-state index contributed by atoms with van der Waals surface area (Å²) in [6.07, 6.45) is 5.23. The number of unbranched alkanes of at least 4 members (excludes halogenated alkanes) is 1. The number of hydrogen-bond acceptors (Lipinski definition) is 3. The van der Waals surface area contributed by atoms with Gasteiger partial charge in [-0.3, -0.25) is 9.59 Å². The third kappa shape index (κ3) is 5.85. The van der Waals surface area contributed by atoms with Crippen LogP contribution in [0.2, 0.25) is 0 Å². The van der Waals surface area contributed by atoms with Crippen molar-refractivity contribution in [3.63, 3.8) is 0 Å². The minimum absolute atomic E-state index is 0.0104. The van der Waals surface area contributed by atoms with Crippen LogP contribution in [0.1, 0.15) is 52.4 Å². The first-order valence-electron chi connectivity index (χ1n) is 7.19. The fourth-order valence-electron chi connectivity index (χ4n) is 2.28. The fourth-order valence-corrected chi connectivity index (χ4v) is 3.31. The first-order valence-corrected chi connectivity index (χ1v) is 8.24. The molecule has 0 aromatic heterocycles. The van der Waals surface area contributed by atoms with Crippen LogP contribution in [0.15, 0.2) is 0 Å². The summed E-state index contributed by atoms with van der Waals surface area (Å²) in [4.78, 5) is 22.8. The van der Waals surface area contributed by atoms with Gasteiger partial charge in [0.05, 0.1) is 11.2 Å². The molecule has 19 heavy (non-hydrogen) atoms. The van der Waals surface area contributed by atoms with E-state index in [2.05, 4.69) is 12.2 Å². The van der Waals surface area contributed by atoms with Crippen molar-refractivity contribution in [2.45, 2.75) is 63.7 Å². The maximum absolute atomic E-state index is 12.0. The number of aliphatic carboxylic acids is 1. The minimum atomic E-state index is -0.701. The summed E-state index contributed by atoms with van der Waals surface area (Å²) in [5.74, 6) is 0.203. The van der Waals surface area contributed by atoms with Crippen molar-refractivity contribution in [3.8, 4) is 0 Å². The molecule has 0 bridgehead atoms. The molecule has 1 rings (SSSR count). The topological polar surface area (TPSA) is 66.4 Å². The first-order chi connectivity index (χ1) is 9.04. The van der Waals surface area contributed by atoms with Crippen molar-refractivity contribution >= 4 is 23.6 Å². The molecule has 4 nitrogen and oxygen atoms in total. The van der Waals surface area contributed by atoms with Crippen LogP contribution >= 0.6 is 11.8 Å². The molecule has 0 aromatic carbocycles. The Labute approximate surface area is 119 Å². The van der Waals surface area contributed by atoms with E-state index in [0.717, 1.165) is 31.4 Å². The van der Waals surface area contributed by atoms with Crippen molar-refractivity contribution < 1.29 is 14.7 Å². The minimum Gasteiger partial charge on any atom is -0.481 e. The van der Waals surface area contributed by atoms with Crippen LogP contribution in [0.5, 0.6) is 0 Å². The molecule has 110 valence electrons. The SMILES string of the molecule is CCCCSC(C)C(=O)NC1CCC(C(=O)O)CC1. The highest BCUT2D eigenvalue weighted by molar-refractivity contribution is 8.00. The second-order valence-electron chi connectivity index (χ2n) is 5.26. The molecule has 1 aliphatic carbocycles. The van der Waals surface area contributed by atoms with Crippen LogP contribution in [0.3, 0.4) is 0 Å². The van der Waals surface area contributed by atoms with E-state index >= 15 is 0 Å². The normalized spacial score (nSPS) is 24.7. The number of nitrogens with one attached hydrogen (secondary N) is 1. The van der Waals surface area contributed by atoms with Crippen molar-refractivity contribution in [1.82, 2.24) is 5.32 Å². The van der Waals surface area contributed by atoms with Gasteiger partial charge in [-0.2, -0.15) is 0 Å². The van der Waals surface area contributed by atoms with Crippen molar-refractivity contribution in [3.05, 3.63) is 0 Å². The first kappa shape index (κ1) is 16.3. The zero-order valence-corrected chi connectivity index (χ0v) is 12.7. The lowest BCUT2D eigenvalue weighted by molar-refractivity contribution is -0.142. The van der Waals surface area contributed by atoms with Crippen molar-refractivity contribution in [2.75, 3.05) is 5.75 Å². The number of carboxylic acid groups (broad SMARTS) is 1. The molecule has 1 unspecified atom stereocenters. The number of carbonyl (C=O) groups is 2. The smallest absolute Gasteiger partial charge is 0.306 e. The monoisotopic (exact) mass is 287 g/mol. The molecule has 2 N–H and O–H groups in total. The average molecular weight is 287 g/mol. The van der Waals surface area contributed by atoms with Crippen LogP contribution in [0, 0.1) is 5.92 Å². The second kappa shape index (κ2) is 8.46. The highest BCUT2D eigenvalue weighted by atomic mass is 32.2. The molecule has 1 amide bonds. The highest BCUT2D eigenvalue weighted by Gasteiger charge is 2.27. The van der Waals surface area contributed by atoms with E-state index in [1.54, 1.807) is 11.8 Å². The van der Waals surface area contributed by atoms with E-state index in [0.29, 0.717) is 12.8 Å². The number of amides is 1. The molecule has 0 radical (unpaired) electrons. The van der Waals surface area contributed by atoms with E-state index in [1.807, 2.05) is 6.92 Å². The molecule has 0 spiro atoms. The third-order valence-corrected chi connectivity index (χ3v) is 4.90. The number of carbonyl (C=O) groups excluding carboxylic acids is 1. The Morgan fingerprint density at radius 1 is 1.32 bits per heavy atom. The summed E-state index contributed by atoms with van der Waals surface area (Å²) >= 11 is 1.70. The van der Waals surface area contributed by atoms with E-state index in [-0.39, 0.29) is 23.1 Å². The van der Waals surface area contributed by atoms with Crippen LogP contribution in [-0.2, 0) is 9.59 Å². The fraction of sp³-hybridized carbons (Fsp3) is 0.857. The quantitative estimate of drug-likeness (QED) is 0.707. The Morgan fingerprint density at radius 2 is 1.95 bits per heavy atom. The predicted octanol–water partition coefficient (Wildman–Crippen LogP) is 2.67. The lowest BCUT2D eigenvalue weighted by atomic mass is 9.86. The zero-order valence-electron chi connectivity index (χ0n) is 11.9. The number of carboxylic acids is 1. The molecular formula is C14H25NO3S. The molecule has 0 aliphatic heterocycles. The second-order valence-corrected chi connectivity index (χ2v) is 6.71. The summed E-state index contributed by atoms with van der Waals surface area (Å²) < 4.78 is 0. The standard InChI is InChI=1S/C14H25NO3S/c1-3-4-9-19-10(2)13(16)15-12-7-5-11(6-8-12)14(17)18/h10-12H,3-9H2,1-2H3,(H,15,16)(H,17,18). The maximum Gasteiger partial charge on any atom is 0.306 e. The van der Waals surface area contributed by atoms with Gasteiger partial charge in [0.1, 0.15) is 0 Å². The Kier molecular flexibility index (Phi) is 7.28. The molecule has 1 aliphatic rings. The van der Waals surface area contributed by atoms with Crippen molar-refractivity contribution in [2.24, 2.45) is 5.92 Å². The lowest BCUT2D eigenvalue weighted by Crippen LogP contribution is -2.42. The molecule has 0 heterocycles. The molecule has 5 heteroatoms. The van der Waals surface area contributed by atoms with Gasteiger partial charge in [0.25, 0.3) is 0 Å².